The van der Waals surface area contributed by atoms with Crippen molar-refractivity contribution in [3.05, 3.63) is 12.7 Å². The molecule has 13 heavy (non-hydrogen) atoms. The van der Waals surface area contributed by atoms with E-state index in [0.717, 1.165) is 6.42 Å². The van der Waals surface area contributed by atoms with Crippen molar-refractivity contribution in [3.8, 4) is 11.8 Å². The van der Waals surface area contributed by atoms with Gasteiger partial charge in [-0.1, -0.05) is 31.8 Å². The quantitative estimate of drug-likeness (QED) is 0.528. The lowest BCUT2D eigenvalue weighted by molar-refractivity contribution is 0.101. The second kappa shape index (κ2) is 5.80. The van der Waals surface area contributed by atoms with Crippen LogP contribution < -0.4 is 0 Å². The fraction of sp³-hybridized carbons (Fsp3) is 0.636. The first-order valence-corrected chi connectivity index (χ1v) is 4.31. The molecule has 2 heteroatoms. The highest BCUT2D eigenvalue weighted by Gasteiger charge is 2.24. The molecule has 1 unspecified atom stereocenters. The van der Waals surface area contributed by atoms with Gasteiger partial charge in [0, 0.05) is 12.5 Å². The number of aliphatic hydroxyl groups excluding tert-OH is 1. The number of allylic oxidation sites excluding steroid dienone is 1. The average molecular weight is 182 g/mol. The Balaban J connectivity index is 4.16. The Kier molecular flexibility index (Phi) is 5.45. The lowest BCUT2D eigenvalue weighted by Crippen LogP contribution is -2.27. The van der Waals surface area contributed by atoms with Crippen molar-refractivity contribution >= 4 is 0 Å². The zero-order chi connectivity index (χ0) is 10.3. The molecule has 0 aromatic carbocycles. The minimum Gasteiger partial charge on any atom is -0.380 e. The Bertz CT molecular complexity index is 208. The number of ether oxygens (including phenoxy) is 1. The minimum absolute atomic E-state index is 0.234. The van der Waals surface area contributed by atoms with Crippen molar-refractivity contribution in [1.82, 2.24) is 0 Å². The predicted molar refractivity (Wildman–Crippen MR) is 54.3 cm³/mol. The van der Waals surface area contributed by atoms with Crippen molar-refractivity contribution < 1.29 is 9.84 Å². The van der Waals surface area contributed by atoms with E-state index in [9.17, 15) is 5.11 Å². The first-order chi connectivity index (χ1) is 6.04. The van der Waals surface area contributed by atoms with Gasteiger partial charge in [0.2, 0.25) is 0 Å². The summed E-state index contributed by atoms with van der Waals surface area (Å²) in [5, 5.41) is 9.66. The minimum atomic E-state index is -0.624. The second-order valence-corrected chi connectivity index (χ2v) is 3.64. The Labute approximate surface area is 80.6 Å². The molecule has 0 aliphatic heterocycles. The summed E-state index contributed by atoms with van der Waals surface area (Å²) in [6.45, 7) is 7.92. The van der Waals surface area contributed by atoms with Crippen LogP contribution in [0.25, 0.3) is 0 Å². The average Bonchev–Trinajstić information content (AvgIpc) is 2.04. The monoisotopic (exact) mass is 182 g/mol. The van der Waals surface area contributed by atoms with Crippen LogP contribution in [-0.4, -0.2) is 24.9 Å². The summed E-state index contributed by atoms with van der Waals surface area (Å²) in [5.41, 5.74) is -0.234. The lowest BCUT2D eigenvalue weighted by atomic mass is 9.83. The van der Waals surface area contributed by atoms with Gasteiger partial charge in [0.05, 0.1) is 0 Å². The summed E-state index contributed by atoms with van der Waals surface area (Å²) in [7, 11) is 1.58. The molecular formula is C11H18O2. The number of hydrogen-bond acceptors (Lipinski definition) is 2. The maximum absolute atomic E-state index is 9.66. The number of rotatable bonds is 4. The molecule has 0 saturated heterocycles. The highest BCUT2D eigenvalue weighted by atomic mass is 16.5. The largest absolute Gasteiger partial charge is 0.380 e. The molecule has 0 aromatic heterocycles. The zero-order valence-corrected chi connectivity index (χ0v) is 8.63. The molecule has 0 rings (SSSR count). The molecule has 0 aromatic rings. The summed E-state index contributed by atoms with van der Waals surface area (Å²) >= 11 is 0. The van der Waals surface area contributed by atoms with Crippen LogP contribution in [0, 0.1) is 17.3 Å². The predicted octanol–water partition coefficient (Wildman–Crippen LogP) is 1.60. The molecule has 0 fully saturated rings. The Morgan fingerprint density at radius 3 is 2.69 bits per heavy atom. The fourth-order valence-corrected chi connectivity index (χ4v) is 0.890. The van der Waals surface area contributed by atoms with Gasteiger partial charge in [-0.25, -0.2) is 0 Å². The van der Waals surface area contributed by atoms with Gasteiger partial charge in [0.15, 0.2) is 0 Å². The van der Waals surface area contributed by atoms with Gasteiger partial charge in [0.25, 0.3) is 0 Å². The van der Waals surface area contributed by atoms with E-state index in [4.69, 9.17) is 4.74 Å². The van der Waals surface area contributed by atoms with Crippen LogP contribution in [0.15, 0.2) is 12.7 Å². The third-order valence-corrected chi connectivity index (χ3v) is 1.87. The van der Waals surface area contributed by atoms with Crippen molar-refractivity contribution in [2.24, 2.45) is 5.41 Å². The lowest BCUT2D eigenvalue weighted by Gasteiger charge is -2.25. The van der Waals surface area contributed by atoms with E-state index in [2.05, 4.69) is 18.4 Å². The van der Waals surface area contributed by atoms with Crippen molar-refractivity contribution in [2.75, 3.05) is 13.7 Å². The Morgan fingerprint density at radius 2 is 2.23 bits per heavy atom. The molecule has 74 valence electrons. The summed E-state index contributed by atoms with van der Waals surface area (Å²) in [6.07, 6.45) is 1.91. The molecule has 0 aliphatic rings. The maximum Gasteiger partial charge on any atom is 0.120 e. The van der Waals surface area contributed by atoms with Crippen LogP contribution in [0.4, 0.5) is 0 Å². The van der Waals surface area contributed by atoms with Crippen LogP contribution in [0.2, 0.25) is 0 Å². The number of aliphatic hydroxyl groups is 1. The number of hydrogen-bond donors (Lipinski definition) is 1. The van der Waals surface area contributed by atoms with E-state index >= 15 is 0 Å². The zero-order valence-electron chi connectivity index (χ0n) is 8.63. The molecule has 2 nitrogen and oxygen atoms in total. The first kappa shape index (κ1) is 12.2. The van der Waals surface area contributed by atoms with Gasteiger partial charge in [-0.15, -0.1) is 6.58 Å². The molecule has 0 radical (unpaired) electrons. The third kappa shape index (κ3) is 4.72. The number of methoxy groups -OCH3 is 1. The topological polar surface area (TPSA) is 29.5 Å². The van der Waals surface area contributed by atoms with Crippen LogP contribution in [0.5, 0.6) is 0 Å². The van der Waals surface area contributed by atoms with Crippen LogP contribution in [0.3, 0.4) is 0 Å². The van der Waals surface area contributed by atoms with Gasteiger partial charge in [-0.05, 0) is 6.42 Å². The molecular weight excluding hydrogens is 164 g/mol. The normalized spacial score (nSPS) is 12.9. The maximum atomic E-state index is 9.66. The summed E-state index contributed by atoms with van der Waals surface area (Å²) in [6, 6.07) is 0. The summed E-state index contributed by atoms with van der Waals surface area (Å²) in [4.78, 5) is 0. The van der Waals surface area contributed by atoms with Crippen molar-refractivity contribution in [2.45, 2.75) is 26.4 Å². The summed E-state index contributed by atoms with van der Waals surface area (Å²) in [5.74, 6) is 5.48. The van der Waals surface area contributed by atoms with Gasteiger partial charge in [-0.2, -0.15) is 0 Å². The van der Waals surface area contributed by atoms with E-state index in [1.807, 2.05) is 13.8 Å². The second-order valence-electron chi connectivity index (χ2n) is 3.64. The van der Waals surface area contributed by atoms with Gasteiger partial charge >= 0.3 is 0 Å². The van der Waals surface area contributed by atoms with Gasteiger partial charge in [-0.3, -0.25) is 0 Å². The Morgan fingerprint density at radius 1 is 1.62 bits per heavy atom. The standard InChI is InChI=1S/C11H18O2/c1-5-8-11(2,3)10(12)7-6-9-13-4/h5,10,12H,1,8-9H2,2-4H3. The highest BCUT2D eigenvalue weighted by Crippen LogP contribution is 2.24. The van der Waals surface area contributed by atoms with Crippen LogP contribution in [0.1, 0.15) is 20.3 Å². The molecule has 0 spiro atoms. The molecule has 0 bridgehead atoms. The first-order valence-electron chi connectivity index (χ1n) is 4.31. The SMILES string of the molecule is C=CCC(C)(C)C(O)C#CCOC. The summed E-state index contributed by atoms with van der Waals surface area (Å²) < 4.78 is 4.76. The van der Waals surface area contributed by atoms with E-state index in [-0.39, 0.29) is 5.41 Å². The highest BCUT2D eigenvalue weighted by molar-refractivity contribution is 5.09. The van der Waals surface area contributed by atoms with E-state index < -0.39 is 6.10 Å². The van der Waals surface area contributed by atoms with E-state index in [0.29, 0.717) is 6.61 Å². The van der Waals surface area contributed by atoms with E-state index in [1.54, 1.807) is 13.2 Å². The van der Waals surface area contributed by atoms with E-state index in [1.165, 1.54) is 0 Å². The molecule has 1 N–H and O–H groups in total. The molecule has 0 saturated carbocycles. The fourth-order valence-electron chi connectivity index (χ4n) is 0.890. The third-order valence-electron chi connectivity index (χ3n) is 1.87. The van der Waals surface area contributed by atoms with Crippen molar-refractivity contribution in [1.29, 1.82) is 0 Å². The molecule has 0 amide bonds. The Hall–Kier alpha value is -0.780. The van der Waals surface area contributed by atoms with Crippen LogP contribution >= 0.6 is 0 Å². The van der Waals surface area contributed by atoms with Crippen LogP contribution in [-0.2, 0) is 4.74 Å². The molecule has 0 heterocycles. The van der Waals surface area contributed by atoms with Gasteiger partial charge < -0.3 is 9.84 Å². The smallest absolute Gasteiger partial charge is 0.120 e. The van der Waals surface area contributed by atoms with Crippen molar-refractivity contribution in [3.63, 3.8) is 0 Å². The molecule has 1 atom stereocenters. The molecule has 0 aliphatic carbocycles. The van der Waals surface area contributed by atoms with Gasteiger partial charge in [0.1, 0.15) is 12.7 Å².